The van der Waals surface area contributed by atoms with Crippen molar-refractivity contribution in [1.29, 1.82) is 0 Å². The average molecular weight is 770 g/mol. The molecule has 0 spiro atoms. The van der Waals surface area contributed by atoms with E-state index in [1.165, 1.54) is 14.0 Å². The van der Waals surface area contributed by atoms with Crippen molar-refractivity contribution in [2.45, 2.75) is 106 Å². The Kier molecular flexibility index (Phi) is 14.7. The van der Waals surface area contributed by atoms with Crippen molar-refractivity contribution in [2.24, 2.45) is 0 Å². The van der Waals surface area contributed by atoms with Gasteiger partial charge in [0, 0.05) is 0 Å². The van der Waals surface area contributed by atoms with E-state index in [1.54, 1.807) is 21.3 Å². The number of hydrogen-bond acceptors (Lipinski definition) is 11. The zero-order valence-electron chi connectivity index (χ0n) is 30.4. The molecule has 2 aromatic carbocycles. The molecule has 2 aliphatic heterocycles. The summed E-state index contributed by atoms with van der Waals surface area (Å²) in [7, 11) is 3.96. The zero-order chi connectivity index (χ0) is 35.8. The second-order valence-electron chi connectivity index (χ2n) is 13.7. The van der Waals surface area contributed by atoms with E-state index in [0.29, 0.717) is 6.61 Å². The van der Waals surface area contributed by atoms with Crippen LogP contribution in [0.3, 0.4) is 0 Å². The molecule has 49 heavy (non-hydrogen) atoms. The molecule has 9 atom stereocenters. The van der Waals surface area contributed by atoms with Gasteiger partial charge in [-0.2, -0.15) is 0 Å². The van der Waals surface area contributed by atoms with Gasteiger partial charge < -0.3 is 0 Å². The molecule has 0 aliphatic carbocycles. The van der Waals surface area contributed by atoms with Gasteiger partial charge in [-0.25, -0.2) is 0 Å². The first-order valence-corrected chi connectivity index (χ1v) is 21.4. The molecule has 4 rings (SSSR count). The Bertz CT molecular complexity index is 1290. The molecule has 0 amide bonds. The van der Waals surface area contributed by atoms with Gasteiger partial charge in [-0.05, 0) is 0 Å². The molecule has 0 aromatic heterocycles. The van der Waals surface area contributed by atoms with Crippen LogP contribution in [0.2, 0.25) is 22.9 Å². The van der Waals surface area contributed by atoms with Crippen LogP contribution in [0.4, 0.5) is 0 Å². The van der Waals surface area contributed by atoms with Crippen molar-refractivity contribution < 1.29 is 51.9 Å². The standard InChI is InChI=1S/C36H54O11SeSi/c1-23(37)44-31-29(40-7)28(21-38-5)45-34(41-8)32(31)46-35-33(48-26-14-12-11-13-15-26)30(47-49(9,10)36(2,3)4)27(22-43-35)42-20-24-16-18-25(39-6)19-17-24/h11-19,27-35H,20-22H2,1-10H3/t27-,28-,29-,30+,31+,32-,33+,34+,35-/m1/s1. The number of esters is 1. The molecule has 11 nitrogen and oxygen atoms in total. The molecule has 2 saturated heterocycles. The summed E-state index contributed by atoms with van der Waals surface area (Å²) in [5, 5.41) is -0.0622. The van der Waals surface area contributed by atoms with Crippen molar-refractivity contribution in [3.8, 4) is 5.75 Å². The van der Waals surface area contributed by atoms with Crippen LogP contribution in [0, 0.1) is 0 Å². The molecular formula is C36H54O11SeSi. The van der Waals surface area contributed by atoms with Crippen LogP contribution in [-0.4, -0.2) is 120 Å². The maximum absolute atomic E-state index is 12.4. The fourth-order valence-electron chi connectivity index (χ4n) is 5.65. The summed E-state index contributed by atoms with van der Waals surface area (Å²) in [5.41, 5.74) is 1.01. The van der Waals surface area contributed by atoms with Crippen molar-refractivity contribution in [1.82, 2.24) is 0 Å². The molecular weight excluding hydrogens is 715 g/mol. The van der Waals surface area contributed by atoms with Crippen molar-refractivity contribution >= 4 is 33.7 Å². The Labute approximate surface area is 298 Å². The second-order valence-corrected chi connectivity index (χ2v) is 21.1. The van der Waals surface area contributed by atoms with E-state index in [0.717, 1.165) is 15.8 Å². The Morgan fingerprint density at radius 2 is 1.59 bits per heavy atom. The molecule has 13 heteroatoms. The number of rotatable bonds is 15. The van der Waals surface area contributed by atoms with Crippen LogP contribution < -0.4 is 9.20 Å². The number of methoxy groups -OCH3 is 4. The van der Waals surface area contributed by atoms with Crippen LogP contribution >= 0.6 is 0 Å². The van der Waals surface area contributed by atoms with Gasteiger partial charge in [-0.15, -0.1) is 0 Å². The van der Waals surface area contributed by atoms with E-state index in [2.05, 4.69) is 46.0 Å². The molecule has 0 saturated carbocycles. The summed E-state index contributed by atoms with van der Waals surface area (Å²) in [5.74, 6) is 0.307. The first kappa shape index (κ1) is 39.9. The Hall–Kier alpha value is -1.87. The molecule has 2 fully saturated rings. The number of carbonyl (C=O) groups is 1. The van der Waals surface area contributed by atoms with Gasteiger partial charge in [0.2, 0.25) is 0 Å². The first-order valence-electron chi connectivity index (χ1n) is 16.6. The molecule has 0 unspecified atom stereocenters. The maximum atomic E-state index is 12.4. The van der Waals surface area contributed by atoms with Crippen molar-refractivity contribution in [2.75, 3.05) is 41.7 Å². The number of carbonyl (C=O) groups excluding carboxylic acids is 1. The minimum atomic E-state index is -2.34. The van der Waals surface area contributed by atoms with Gasteiger partial charge in [0.05, 0.1) is 0 Å². The van der Waals surface area contributed by atoms with Crippen molar-refractivity contribution in [3.05, 3.63) is 60.2 Å². The van der Waals surface area contributed by atoms with E-state index in [4.69, 9.17) is 47.1 Å². The van der Waals surface area contributed by atoms with Crippen molar-refractivity contribution in [3.63, 3.8) is 0 Å². The van der Waals surface area contributed by atoms with Gasteiger partial charge in [-0.3, -0.25) is 0 Å². The number of benzene rings is 2. The average Bonchev–Trinajstić information content (AvgIpc) is 3.06. The predicted octanol–water partition coefficient (Wildman–Crippen LogP) is 4.49. The Morgan fingerprint density at radius 3 is 2.16 bits per heavy atom. The summed E-state index contributed by atoms with van der Waals surface area (Å²) in [4.78, 5) is 12.2. The Balaban J connectivity index is 1.72. The third-order valence-corrected chi connectivity index (χ3v) is 16.5. The van der Waals surface area contributed by atoms with E-state index in [9.17, 15) is 4.79 Å². The van der Waals surface area contributed by atoms with E-state index < -0.39 is 51.3 Å². The van der Waals surface area contributed by atoms with E-state index >= 15 is 0 Å². The summed E-state index contributed by atoms with van der Waals surface area (Å²) in [6.45, 7) is 13.3. The van der Waals surface area contributed by atoms with Gasteiger partial charge >= 0.3 is 300 Å². The van der Waals surface area contributed by atoms with E-state index in [1.807, 2.05) is 42.5 Å². The van der Waals surface area contributed by atoms with Gasteiger partial charge in [-0.1, -0.05) is 0 Å². The summed E-state index contributed by atoms with van der Waals surface area (Å²) in [6, 6.07) is 18.1. The third-order valence-electron chi connectivity index (χ3n) is 9.28. The normalized spacial score (nSPS) is 29.4. The van der Waals surface area contributed by atoms with Gasteiger partial charge in [0.25, 0.3) is 0 Å². The van der Waals surface area contributed by atoms with Crippen LogP contribution in [0.15, 0.2) is 54.6 Å². The number of ether oxygens (including phenoxy) is 9. The van der Waals surface area contributed by atoms with Crippen LogP contribution in [0.5, 0.6) is 5.75 Å². The summed E-state index contributed by atoms with van der Waals surface area (Å²) >= 11 is -0.185. The fraction of sp³-hybridized carbons (Fsp3) is 0.639. The summed E-state index contributed by atoms with van der Waals surface area (Å²) in [6.07, 6.45) is -5.39. The Morgan fingerprint density at radius 1 is 0.898 bits per heavy atom. The molecule has 0 radical (unpaired) electrons. The predicted molar refractivity (Wildman–Crippen MR) is 188 cm³/mol. The molecule has 0 N–H and O–H groups in total. The monoisotopic (exact) mass is 770 g/mol. The SMILES string of the molecule is COC[C@H]1O[C@H](OC)[C@H](O[C@H]2OC[C@@H](OCc3ccc(OC)cc3)[C@H](O[Si](C)(C)C(C)(C)C)[C@@H]2[Se]c2ccccc2)[C@@H](OC(C)=O)[C@@H]1OC. The van der Waals surface area contributed by atoms with Gasteiger partial charge in [0.15, 0.2) is 0 Å². The minimum absolute atomic E-state index is 0.0622. The van der Waals surface area contributed by atoms with Crippen LogP contribution in [0.25, 0.3) is 0 Å². The molecule has 0 bridgehead atoms. The molecule has 274 valence electrons. The molecule has 2 aromatic rings. The summed E-state index contributed by atoms with van der Waals surface area (Å²) < 4.78 is 63.1. The third kappa shape index (κ3) is 10.4. The fourth-order valence-corrected chi connectivity index (χ4v) is 9.82. The zero-order valence-corrected chi connectivity index (χ0v) is 33.1. The van der Waals surface area contributed by atoms with Gasteiger partial charge in [0.1, 0.15) is 0 Å². The van der Waals surface area contributed by atoms with E-state index in [-0.39, 0.29) is 50.2 Å². The number of hydrogen-bond donors (Lipinski definition) is 0. The quantitative estimate of drug-likeness (QED) is 0.189. The molecule has 2 heterocycles. The topological polar surface area (TPSA) is 109 Å². The second kappa shape index (κ2) is 18.1. The van der Waals surface area contributed by atoms with Crippen LogP contribution in [0.1, 0.15) is 33.3 Å². The van der Waals surface area contributed by atoms with Crippen LogP contribution in [-0.2, 0) is 53.7 Å². The molecule has 2 aliphatic rings. The first-order chi connectivity index (χ1) is 23.3.